The van der Waals surface area contributed by atoms with Crippen LogP contribution in [0.5, 0.6) is 0 Å². The van der Waals surface area contributed by atoms with E-state index in [0.717, 1.165) is 19.4 Å². The highest BCUT2D eigenvalue weighted by molar-refractivity contribution is 7.89. The summed E-state index contributed by atoms with van der Waals surface area (Å²) in [5.41, 5.74) is -2.47. The van der Waals surface area contributed by atoms with Crippen LogP contribution in [0, 0.1) is 23.2 Å². The Hall–Kier alpha value is -1.97. The first-order valence-electron chi connectivity index (χ1n) is 19.6. The number of aliphatic hydroxyl groups is 1. The summed E-state index contributed by atoms with van der Waals surface area (Å²) in [4.78, 5) is 33.0. The van der Waals surface area contributed by atoms with Crippen LogP contribution in [-0.4, -0.2) is 136 Å². The van der Waals surface area contributed by atoms with E-state index in [9.17, 15) is 23.1 Å². The number of aliphatic hydroxyl groups excluding tert-OH is 1. The summed E-state index contributed by atoms with van der Waals surface area (Å²) in [6.45, 7) is 15.6. The fourth-order valence-corrected chi connectivity index (χ4v) is 10.3. The highest BCUT2D eigenvalue weighted by Gasteiger charge is 2.51. The van der Waals surface area contributed by atoms with Gasteiger partial charge in [0, 0.05) is 44.7 Å². The maximum atomic E-state index is 14.4. The Labute approximate surface area is 318 Å². The Bertz CT molecular complexity index is 1450. The molecule has 0 amide bonds. The van der Waals surface area contributed by atoms with Crippen molar-refractivity contribution in [3.05, 3.63) is 30.3 Å². The standard InChI is InChI=1S/C40H67N3O9S/c1-11-19-42-25-27(2)24-40(7,49-10)36(52-37-34(44)33(41(8)9)22-28(3)51-37)29(4)35(45)39(5,6)38(46)50-26-31(42)23-30-17-20-43(21-18-30)53(47,48)32-15-13-12-14-16-32/h12-16,27-31,33-34,36-37,44H,11,17-26H2,1-10H3/t27-,28-,29+,31-,33+,34-,36-,37+,40-/m1/s1. The third-order valence-corrected chi connectivity index (χ3v) is 13.8. The van der Waals surface area contributed by atoms with Crippen molar-refractivity contribution in [1.82, 2.24) is 14.1 Å². The molecular weight excluding hydrogens is 699 g/mol. The van der Waals surface area contributed by atoms with E-state index >= 15 is 0 Å². The van der Waals surface area contributed by atoms with Crippen LogP contribution in [0.15, 0.2) is 35.2 Å². The number of rotatable bonds is 10. The number of ether oxygens (including phenoxy) is 4. The molecule has 3 saturated heterocycles. The first-order chi connectivity index (χ1) is 24.8. The van der Waals surface area contributed by atoms with Crippen LogP contribution in [0.25, 0.3) is 0 Å². The largest absolute Gasteiger partial charge is 0.463 e. The minimum absolute atomic E-state index is 0.0791. The van der Waals surface area contributed by atoms with Crippen LogP contribution in [0.2, 0.25) is 0 Å². The lowest BCUT2D eigenvalue weighted by molar-refractivity contribution is -0.295. The van der Waals surface area contributed by atoms with Gasteiger partial charge in [0.25, 0.3) is 0 Å². The van der Waals surface area contributed by atoms with E-state index in [2.05, 4.69) is 18.7 Å². The normalized spacial score (nSPS) is 34.9. The molecule has 1 N–H and O–H groups in total. The van der Waals surface area contributed by atoms with Crippen LogP contribution in [-0.2, 0) is 38.6 Å². The van der Waals surface area contributed by atoms with Gasteiger partial charge in [0.05, 0.1) is 22.7 Å². The van der Waals surface area contributed by atoms with Gasteiger partial charge in [-0.1, -0.05) is 39.0 Å². The van der Waals surface area contributed by atoms with Crippen molar-refractivity contribution < 1.29 is 42.1 Å². The number of methoxy groups -OCH3 is 1. The Kier molecular flexibility index (Phi) is 15.1. The second kappa shape index (κ2) is 18.3. The van der Waals surface area contributed by atoms with E-state index in [1.165, 1.54) is 0 Å². The molecule has 0 aliphatic carbocycles. The number of carbonyl (C=O) groups excluding carboxylic acids is 2. The molecule has 3 aliphatic heterocycles. The van der Waals surface area contributed by atoms with E-state index in [1.807, 2.05) is 38.9 Å². The summed E-state index contributed by atoms with van der Waals surface area (Å²) in [5.74, 6) is -1.42. The van der Waals surface area contributed by atoms with Gasteiger partial charge in [-0.15, -0.1) is 0 Å². The van der Waals surface area contributed by atoms with Crippen molar-refractivity contribution >= 4 is 21.8 Å². The van der Waals surface area contributed by atoms with Crippen molar-refractivity contribution in [3.8, 4) is 0 Å². The van der Waals surface area contributed by atoms with Gasteiger partial charge in [-0.2, -0.15) is 4.31 Å². The maximum absolute atomic E-state index is 14.4. The second-order valence-corrected chi connectivity index (χ2v) is 18.8. The number of benzene rings is 1. The average Bonchev–Trinajstić information content (AvgIpc) is 3.12. The molecule has 53 heavy (non-hydrogen) atoms. The lowest BCUT2D eigenvalue weighted by atomic mass is 9.74. The molecular formula is C40H67N3O9S. The molecule has 0 unspecified atom stereocenters. The number of Topliss-reactive ketones (excluding diaryl/α,β-unsaturated/α-hetero) is 1. The molecule has 0 spiro atoms. The van der Waals surface area contributed by atoms with E-state index in [4.69, 9.17) is 18.9 Å². The molecule has 4 rings (SSSR count). The van der Waals surface area contributed by atoms with Gasteiger partial charge in [-0.25, -0.2) is 8.42 Å². The number of nitrogens with zero attached hydrogens (tertiary/aromatic N) is 3. The molecule has 0 aromatic heterocycles. The molecule has 3 fully saturated rings. The van der Waals surface area contributed by atoms with Crippen molar-refractivity contribution in [2.75, 3.05) is 54.0 Å². The van der Waals surface area contributed by atoms with Gasteiger partial charge < -0.3 is 29.0 Å². The minimum atomic E-state index is -3.57. The van der Waals surface area contributed by atoms with Gasteiger partial charge in [0.1, 0.15) is 18.1 Å². The van der Waals surface area contributed by atoms with Crippen molar-refractivity contribution in [2.45, 2.75) is 134 Å². The summed E-state index contributed by atoms with van der Waals surface area (Å²) in [7, 11) is 1.88. The number of ketones is 1. The van der Waals surface area contributed by atoms with Crippen LogP contribution in [0.3, 0.4) is 0 Å². The highest BCUT2D eigenvalue weighted by atomic mass is 32.2. The number of hydrogen-bond donors (Lipinski definition) is 1. The monoisotopic (exact) mass is 765 g/mol. The lowest BCUT2D eigenvalue weighted by Crippen LogP contribution is -2.59. The quantitative estimate of drug-likeness (QED) is 0.265. The first kappa shape index (κ1) is 43.8. The van der Waals surface area contributed by atoms with E-state index in [-0.39, 0.29) is 42.4 Å². The SMILES string of the molecule is CCCN1C[C@H](C)C[C@@](C)(OC)[C@H](O[C@@H]2O[C@H](C)C[C@H](N(C)C)[C@H]2O)[C@@H](C)C(=O)C(C)(C)C(=O)OC[C@H]1CC1CCN(S(=O)(=O)c2ccccc2)CC1. The topological polar surface area (TPSA) is 135 Å². The zero-order valence-electron chi connectivity index (χ0n) is 33.8. The Morgan fingerprint density at radius 2 is 1.68 bits per heavy atom. The van der Waals surface area contributed by atoms with Crippen LogP contribution < -0.4 is 0 Å². The predicted octanol–water partition coefficient (Wildman–Crippen LogP) is 4.59. The maximum Gasteiger partial charge on any atom is 0.319 e. The molecule has 0 radical (unpaired) electrons. The number of hydrogen-bond acceptors (Lipinski definition) is 11. The van der Waals surface area contributed by atoms with Crippen LogP contribution >= 0.6 is 0 Å². The molecule has 3 aliphatic rings. The lowest BCUT2D eigenvalue weighted by Gasteiger charge is -2.47. The molecule has 1 aromatic carbocycles. The average molecular weight is 766 g/mol. The van der Waals surface area contributed by atoms with Gasteiger partial charge in [-0.05, 0) is 111 Å². The number of cyclic esters (lactones) is 1. The summed E-state index contributed by atoms with van der Waals surface area (Å²) in [6, 6.07) is 8.23. The van der Waals surface area contributed by atoms with Crippen molar-refractivity contribution in [3.63, 3.8) is 0 Å². The number of carbonyl (C=O) groups is 2. The third-order valence-electron chi connectivity index (χ3n) is 11.9. The smallest absolute Gasteiger partial charge is 0.319 e. The summed E-state index contributed by atoms with van der Waals surface area (Å²) in [5, 5.41) is 11.4. The molecule has 13 heteroatoms. The Balaban J connectivity index is 1.60. The number of esters is 1. The van der Waals surface area contributed by atoms with Crippen LogP contribution in [0.4, 0.5) is 0 Å². The van der Waals surface area contributed by atoms with Crippen molar-refractivity contribution in [2.24, 2.45) is 23.2 Å². The minimum Gasteiger partial charge on any atom is -0.463 e. The number of piperidine rings is 1. The second-order valence-electron chi connectivity index (χ2n) is 16.9. The van der Waals surface area contributed by atoms with E-state index in [1.54, 1.807) is 56.5 Å². The number of likely N-dealkylation sites (N-methyl/N-ethyl adjacent to an activating group) is 1. The molecule has 1 aromatic rings. The van der Waals surface area contributed by atoms with Crippen molar-refractivity contribution in [1.29, 1.82) is 0 Å². The molecule has 0 bridgehead atoms. The first-order valence-corrected chi connectivity index (χ1v) is 21.0. The predicted molar refractivity (Wildman–Crippen MR) is 204 cm³/mol. The fourth-order valence-electron chi connectivity index (χ4n) is 8.77. The molecule has 3 heterocycles. The van der Waals surface area contributed by atoms with Gasteiger partial charge >= 0.3 is 5.97 Å². The van der Waals surface area contributed by atoms with E-state index < -0.39 is 51.4 Å². The highest BCUT2D eigenvalue weighted by Crippen LogP contribution is 2.39. The molecule has 9 atom stereocenters. The van der Waals surface area contributed by atoms with Crippen LogP contribution in [0.1, 0.15) is 87.0 Å². The molecule has 12 nitrogen and oxygen atoms in total. The van der Waals surface area contributed by atoms with E-state index in [0.29, 0.717) is 50.2 Å². The Morgan fingerprint density at radius 3 is 2.26 bits per heavy atom. The van der Waals surface area contributed by atoms with Gasteiger partial charge in [-0.3, -0.25) is 14.5 Å². The fraction of sp³-hybridized carbons (Fsp3) is 0.800. The van der Waals surface area contributed by atoms with Gasteiger partial charge in [0.15, 0.2) is 12.1 Å². The third kappa shape index (κ3) is 10.3. The summed E-state index contributed by atoms with van der Waals surface area (Å²) < 4.78 is 53.5. The zero-order chi connectivity index (χ0) is 39.3. The zero-order valence-corrected chi connectivity index (χ0v) is 34.6. The molecule has 302 valence electrons. The van der Waals surface area contributed by atoms with Gasteiger partial charge in [0.2, 0.25) is 10.0 Å². The Morgan fingerprint density at radius 1 is 1.04 bits per heavy atom. The molecule has 0 saturated carbocycles. The summed E-state index contributed by atoms with van der Waals surface area (Å²) >= 11 is 0. The summed E-state index contributed by atoms with van der Waals surface area (Å²) in [6.07, 6.45) is 1.21. The number of sulfonamides is 1.